The van der Waals surface area contributed by atoms with E-state index in [9.17, 15) is 14.7 Å². The molecule has 3 aliphatic carbocycles. The Morgan fingerprint density at radius 3 is 1.77 bits per heavy atom. The molecule has 5 heteroatoms. The highest BCUT2D eigenvalue weighted by Gasteiger charge is 2.30. The number of ether oxygens (including phenoxy) is 1. The maximum Gasteiger partial charge on any atom is 0.411 e. The van der Waals surface area contributed by atoms with Gasteiger partial charge in [-0.15, -0.1) is 0 Å². The molecule has 3 aromatic rings. The average Bonchev–Trinajstić information content (AvgIpc) is 3.30. The highest BCUT2D eigenvalue weighted by Crippen LogP contribution is 2.45. The Kier molecular flexibility index (Phi) is 7.40. The number of carbonyl (C=O) groups is 2. The van der Waals surface area contributed by atoms with Gasteiger partial charge in [-0.25, -0.2) is 9.59 Å². The molecule has 5 nitrogen and oxygen atoms in total. The van der Waals surface area contributed by atoms with Gasteiger partial charge in [0.15, 0.2) is 0 Å². The van der Waals surface area contributed by atoms with Crippen LogP contribution >= 0.6 is 0 Å². The number of fused-ring (bicyclic) bond motifs is 3. The first kappa shape index (κ1) is 25.7. The van der Waals surface area contributed by atoms with E-state index in [2.05, 4.69) is 29.6 Å². The minimum atomic E-state index is -1.02. The summed E-state index contributed by atoms with van der Waals surface area (Å²) in [5.74, 6) is -0.247. The van der Waals surface area contributed by atoms with Gasteiger partial charge in [-0.2, -0.15) is 0 Å². The first-order valence-electron chi connectivity index (χ1n) is 14.6. The first-order valence-corrected chi connectivity index (χ1v) is 14.6. The Morgan fingerprint density at radius 2 is 1.23 bits per heavy atom. The molecular formula is C34H37NO4. The van der Waals surface area contributed by atoms with Crippen molar-refractivity contribution < 1.29 is 19.4 Å². The largest absolute Gasteiger partial charge is 0.478 e. The number of carbonyl (C=O) groups excluding carboxylic acids is 1. The molecule has 2 fully saturated rings. The molecule has 0 bridgehead atoms. The molecule has 0 unspecified atom stereocenters. The van der Waals surface area contributed by atoms with Crippen LogP contribution in [0.1, 0.15) is 115 Å². The number of carboxylic acid groups (broad SMARTS) is 1. The van der Waals surface area contributed by atoms with Crippen molar-refractivity contribution in [2.24, 2.45) is 0 Å². The van der Waals surface area contributed by atoms with Crippen LogP contribution in [-0.2, 0) is 4.74 Å². The van der Waals surface area contributed by atoms with Crippen molar-refractivity contribution >= 4 is 17.7 Å². The summed E-state index contributed by atoms with van der Waals surface area (Å²) < 4.78 is 5.77. The lowest BCUT2D eigenvalue weighted by Crippen LogP contribution is -2.21. The van der Waals surface area contributed by atoms with E-state index >= 15 is 0 Å². The number of aromatic carboxylic acids is 1. The Morgan fingerprint density at radius 1 is 0.718 bits per heavy atom. The molecule has 39 heavy (non-hydrogen) atoms. The van der Waals surface area contributed by atoms with Gasteiger partial charge in [0.05, 0.1) is 11.3 Å². The highest BCUT2D eigenvalue weighted by molar-refractivity contribution is 5.99. The van der Waals surface area contributed by atoms with Crippen molar-refractivity contribution in [2.75, 3.05) is 11.9 Å². The molecule has 0 spiro atoms. The summed E-state index contributed by atoms with van der Waals surface area (Å²) in [7, 11) is 0. The molecule has 0 aromatic heterocycles. The van der Waals surface area contributed by atoms with Crippen LogP contribution in [0.5, 0.6) is 0 Å². The van der Waals surface area contributed by atoms with Gasteiger partial charge in [-0.05, 0) is 83.0 Å². The lowest BCUT2D eigenvalue weighted by atomic mass is 9.75. The van der Waals surface area contributed by atoms with Gasteiger partial charge < -0.3 is 9.84 Å². The van der Waals surface area contributed by atoms with E-state index in [-0.39, 0.29) is 18.1 Å². The van der Waals surface area contributed by atoms with Crippen LogP contribution in [0, 0.1) is 0 Å². The quantitative estimate of drug-likeness (QED) is 0.338. The monoisotopic (exact) mass is 523 g/mol. The van der Waals surface area contributed by atoms with Crippen LogP contribution in [0.15, 0.2) is 60.7 Å². The summed E-state index contributed by atoms with van der Waals surface area (Å²) in [6.45, 7) is 0.192. The number of hydrogen-bond donors (Lipinski definition) is 2. The van der Waals surface area contributed by atoms with E-state index in [1.165, 1.54) is 60.8 Å². The van der Waals surface area contributed by atoms with Crippen LogP contribution in [0.2, 0.25) is 0 Å². The number of rotatable bonds is 6. The van der Waals surface area contributed by atoms with Crippen molar-refractivity contribution in [3.8, 4) is 11.1 Å². The van der Waals surface area contributed by atoms with Crippen molar-refractivity contribution in [3.63, 3.8) is 0 Å². The summed E-state index contributed by atoms with van der Waals surface area (Å²) in [5, 5.41) is 13.0. The van der Waals surface area contributed by atoms with E-state index in [0.29, 0.717) is 17.5 Å². The molecule has 0 atom stereocenters. The van der Waals surface area contributed by atoms with Gasteiger partial charge in [-0.3, -0.25) is 5.32 Å². The van der Waals surface area contributed by atoms with E-state index < -0.39 is 12.1 Å². The van der Waals surface area contributed by atoms with Gasteiger partial charge in [0.1, 0.15) is 6.61 Å². The zero-order chi connectivity index (χ0) is 26.8. The number of anilines is 1. The minimum absolute atomic E-state index is 0.0476. The van der Waals surface area contributed by atoms with E-state index in [1.54, 1.807) is 0 Å². The third-order valence-corrected chi connectivity index (χ3v) is 9.12. The van der Waals surface area contributed by atoms with Crippen LogP contribution < -0.4 is 5.32 Å². The molecule has 2 saturated carbocycles. The second-order valence-electron chi connectivity index (χ2n) is 11.5. The molecular weight excluding hydrogens is 486 g/mol. The van der Waals surface area contributed by atoms with E-state index in [1.807, 2.05) is 36.4 Å². The van der Waals surface area contributed by atoms with Gasteiger partial charge in [0.25, 0.3) is 0 Å². The fourth-order valence-electron chi connectivity index (χ4n) is 7.19. The van der Waals surface area contributed by atoms with Crippen LogP contribution in [0.25, 0.3) is 11.1 Å². The van der Waals surface area contributed by atoms with Crippen LogP contribution in [0.4, 0.5) is 10.5 Å². The van der Waals surface area contributed by atoms with Crippen LogP contribution in [-0.4, -0.2) is 23.8 Å². The van der Waals surface area contributed by atoms with Crippen molar-refractivity contribution in [1.29, 1.82) is 0 Å². The number of amides is 1. The first-order chi connectivity index (χ1) is 19.1. The molecule has 3 aromatic carbocycles. The van der Waals surface area contributed by atoms with E-state index in [0.717, 1.165) is 36.8 Å². The molecule has 0 saturated heterocycles. The summed E-state index contributed by atoms with van der Waals surface area (Å²) in [6.07, 6.45) is 11.1. The Balaban J connectivity index is 1.26. The minimum Gasteiger partial charge on any atom is -0.478 e. The number of benzene rings is 3. The normalized spacial score (nSPS) is 17.8. The molecule has 202 valence electrons. The molecule has 6 rings (SSSR count). The standard InChI is InChI=1S/C34H37NO4/c36-33(37)30-19-28(22-11-3-1-4-12-22)29(23-13-5-2-6-14-23)20-32(30)35-34(38)39-21-31-26-17-9-7-15-24(26)25-16-8-10-18-27(25)31/h7-10,15-20,22-23,31H,1-6,11-14,21H2,(H,35,38)(H,36,37). The Hall–Kier alpha value is -3.60. The Bertz CT molecular complexity index is 1320. The zero-order valence-electron chi connectivity index (χ0n) is 22.5. The smallest absolute Gasteiger partial charge is 0.411 e. The van der Waals surface area contributed by atoms with Gasteiger partial charge >= 0.3 is 12.1 Å². The average molecular weight is 524 g/mol. The fraction of sp³-hybridized carbons (Fsp3) is 0.412. The highest BCUT2D eigenvalue weighted by atomic mass is 16.5. The topological polar surface area (TPSA) is 75.6 Å². The number of nitrogens with one attached hydrogen (secondary N) is 1. The van der Waals surface area contributed by atoms with Crippen molar-refractivity contribution in [1.82, 2.24) is 0 Å². The Labute approximate surface area is 230 Å². The van der Waals surface area contributed by atoms with Crippen molar-refractivity contribution in [3.05, 3.63) is 88.5 Å². The molecule has 1 amide bonds. The van der Waals surface area contributed by atoms with Gasteiger partial charge in [0, 0.05) is 5.92 Å². The molecule has 0 radical (unpaired) electrons. The molecule has 3 aliphatic rings. The predicted molar refractivity (Wildman–Crippen MR) is 154 cm³/mol. The maximum atomic E-state index is 13.1. The maximum absolute atomic E-state index is 13.1. The summed E-state index contributed by atoms with van der Waals surface area (Å²) in [5.41, 5.74) is 7.57. The van der Waals surface area contributed by atoms with Crippen LogP contribution in [0.3, 0.4) is 0 Å². The predicted octanol–water partition coefficient (Wildman–Crippen LogP) is 8.84. The summed E-state index contributed by atoms with van der Waals surface area (Å²) in [6, 6.07) is 20.3. The number of hydrogen-bond acceptors (Lipinski definition) is 3. The van der Waals surface area contributed by atoms with E-state index in [4.69, 9.17) is 4.74 Å². The third-order valence-electron chi connectivity index (χ3n) is 9.12. The molecule has 0 heterocycles. The SMILES string of the molecule is O=C(Nc1cc(C2CCCCC2)c(C2CCCCC2)cc1C(=O)O)OCC1c2ccccc2-c2ccccc21. The van der Waals surface area contributed by atoms with Gasteiger partial charge in [-0.1, -0.05) is 87.1 Å². The summed E-state index contributed by atoms with van der Waals surface area (Å²) in [4.78, 5) is 25.5. The zero-order valence-corrected chi connectivity index (χ0v) is 22.5. The van der Waals surface area contributed by atoms with Crippen molar-refractivity contribution in [2.45, 2.75) is 82.0 Å². The number of carboxylic acids is 1. The molecule has 0 aliphatic heterocycles. The lowest BCUT2D eigenvalue weighted by Gasteiger charge is -2.30. The molecule has 2 N–H and O–H groups in total. The lowest BCUT2D eigenvalue weighted by molar-refractivity contribution is 0.0697. The van der Waals surface area contributed by atoms with Gasteiger partial charge in [0.2, 0.25) is 0 Å². The third kappa shape index (κ3) is 5.19. The summed E-state index contributed by atoms with van der Waals surface area (Å²) >= 11 is 0. The second-order valence-corrected chi connectivity index (χ2v) is 11.5. The second kappa shape index (κ2) is 11.3. The fourth-order valence-corrected chi connectivity index (χ4v) is 7.19.